The molecule has 6 nitrogen and oxygen atoms in total. The molecule has 1 unspecified atom stereocenters. The third kappa shape index (κ3) is 3.21. The summed E-state index contributed by atoms with van der Waals surface area (Å²) in [5.74, 6) is -0.538. The molecule has 0 N–H and O–H groups in total. The Balaban J connectivity index is 1.38. The fourth-order valence-electron chi connectivity index (χ4n) is 4.01. The zero-order valence-electron chi connectivity index (χ0n) is 14.4. The van der Waals surface area contributed by atoms with E-state index in [4.69, 9.17) is 4.74 Å². The van der Waals surface area contributed by atoms with Crippen LogP contribution in [-0.2, 0) is 14.8 Å². The lowest BCUT2D eigenvalue weighted by atomic mass is 9.91. The van der Waals surface area contributed by atoms with Crippen LogP contribution in [0, 0.1) is 5.82 Å². The molecule has 0 aliphatic carbocycles. The number of likely N-dealkylation sites (N-methyl/N-ethyl adjacent to an activating group) is 1. The first-order valence-corrected chi connectivity index (χ1v) is 10.1. The topological polar surface area (TPSA) is 53.1 Å². The summed E-state index contributed by atoms with van der Waals surface area (Å²) in [7, 11) is -1.51. The van der Waals surface area contributed by atoms with Gasteiger partial charge in [-0.05, 0) is 31.7 Å². The molecular formula is C17H24FN3O3S. The largest absolute Gasteiger partial charge is 0.371 e. The van der Waals surface area contributed by atoms with Crippen molar-refractivity contribution in [3.63, 3.8) is 0 Å². The predicted molar refractivity (Wildman–Crippen MR) is 91.3 cm³/mol. The van der Waals surface area contributed by atoms with Gasteiger partial charge in [0.2, 0.25) is 10.0 Å². The molecule has 3 fully saturated rings. The van der Waals surface area contributed by atoms with Gasteiger partial charge in [0.15, 0.2) is 0 Å². The molecule has 0 amide bonds. The number of hydrogen-bond donors (Lipinski definition) is 0. The molecule has 1 aromatic carbocycles. The number of ether oxygens (including phenoxy) is 1. The van der Waals surface area contributed by atoms with E-state index in [0.717, 1.165) is 38.7 Å². The minimum Gasteiger partial charge on any atom is -0.371 e. The molecule has 0 aromatic heterocycles. The molecule has 1 aromatic rings. The smallest absolute Gasteiger partial charge is 0.243 e. The van der Waals surface area contributed by atoms with E-state index in [2.05, 4.69) is 16.8 Å². The Morgan fingerprint density at radius 2 is 1.92 bits per heavy atom. The van der Waals surface area contributed by atoms with Crippen LogP contribution in [0.15, 0.2) is 29.2 Å². The van der Waals surface area contributed by atoms with Crippen LogP contribution in [0.25, 0.3) is 0 Å². The van der Waals surface area contributed by atoms with Crippen LogP contribution in [0.1, 0.15) is 6.42 Å². The van der Waals surface area contributed by atoms with Crippen LogP contribution in [-0.4, -0.2) is 87.1 Å². The summed E-state index contributed by atoms with van der Waals surface area (Å²) in [6.45, 7) is 5.56. The lowest BCUT2D eigenvalue weighted by Crippen LogP contribution is -2.63. The Morgan fingerprint density at radius 1 is 1.20 bits per heavy atom. The van der Waals surface area contributed by atoms with Crippen LogP contribution >= 0.6 is 0 Å². The van der Waals surface area contributed by atoms with Crippen LogP contribution in [0.4, 0.5) is 4.39 Å². The molecule has 0 saturated carbocycles. The van der Waals surface area contributed by atoms with E-state index in [9.17, 15) is 12.8 Å². The summed E-state index contributed by atoms with van der Waals surface area (Å²) < 4.78 is 46.0. The van der Waals surface area contributed by atoms with Crippen LogP contribution < -0.4 is 0 Å². The predicted octanol–water partition coefficient (Wildman–Crippen LogP) is 0.605. The van der Waals surface area contributed by atoms with E-state index < -0.39 is 15.8 Å². The summed E-state index contributed by atoms with van der Waals surface area (Å²) in [5, 5.41) is 0. The van der Waals surface area contributed by atoms with Crippen molar-refractivity contribution in [2.45, 2.75) is 23.0 Å². The van der Waals surface area contributed by atoms with Crippen LogP contribution in [0.2, 0.25) is 0 Å². The molecule has 1 atom stereocenters. The lowest BCUT2D eigenvalue weighted by molar-refractivity contribution is -0.0775. The highest BCUT2D eigenvalue weighted by Gasteiger charge is 2.54. The van der Waals surface area contributed by atoms with Gasteiger partial charge in [-0.15, -0.1) is 0 Å². The van der Waals surface area contributed by atoms with Crippen LogP contribution in [0.3, 0.4) is 0 Å². The molecule has 3 aliphatic rings. The number of hydrogen-bond acceptors (Lipinski definition) is 5. The molecule has 3 heterocycles. The Hall–Kier alpha value is -1.06. The molecule has 138 valence electrons. The Bertz CT molecular complexity index is 743. The fourth-order valence-corrected chi connectivity index (χ4v) is 5.63. The summed E-state index contributed by atoms with van der Waals surface area (Å²) in [6, 6.07) is 5.55. The number of sulfonamides is 1. The first kappa shape index (κ1) is 17.4. The van der Waals surface area contributed by atoms with E-state index in [1.54, 1.807) is 0 Å². The molecule has 8 heteroatoms. The second-order valence-electron chi connectivity index (χ2n) is 7.42. The third-order valence-corrected chi connectivity index (χ3v) is 7.39. The molecule has 0 radical (unpaired) electrons. The van der Waals surface area contributed by atoms with Crippen molar-refractivity contribution in [1.82, 2.24) is 14.1 Å². The van der Waals surface area contributed by atoms with Crippen molar-refractivity contribution in [3.05, 3.63) is 30.1 Å². The van der Waals surface area contributed by atoms with E-state index in [-0.39, 0.29) is 10.5 Å². The Kier molecular flexibility index (Phi) is 4.36. The van der Waals surface area contributed by atoms with Gasteiger partial charge < -0.3 is 9.64 Å². The summed E-state index contributed by atoms with van der Waals surface area (Å²) in [6.07, 6.45) is 0.867. The van der Waals surface area contributed by atoms with Gasteiger partial charge in [0.1, 0.15) is 5.82 Å². The third-order valence-electron chi connectivity index (χ3n) is 5.61. The lowest BCUT2D eigenvalue weighted by Gasteiger charge is -2.46. The standard InChI is InChI=1S/C17H24FN3O3S/c1-19-5-7-20(8-6-19)15-10-17(24-11-15)12-21(13-17)25(22,23)16-4-2-3-14(18)9-16/h2-4,9,15H,5-8,10-13H2,1H3. The molecular weight excluding hydrogens is 345 g/mol. The van der Waals surface area contributed by atoms with Crippen molar-refractivity contribution < 1.29 is 17.5 Å². The number of nitrogens with zero attached hydrogens (tertiary/aromatic N) is 3. The number of piperazine rings is 1. The van der Waals surface area contributed by atoms with Crippen molar-refractivity contribution in [1.29, 1.82) is 0 Å². The first-order valence-electron chi connectivity index (χ1n) is 8.70. The molecule has 3 aliphatic heterocycles. The zero-order valence-corrected chi connectivity index (χ0v) is 15.2. The van der Waals surface area contributed by atoms with Gasteiger partial charge in [0, 0.05) is 45.3 Å². The van der Waals surface area contributed by atoms with Gasteiger partial charge in [-0.3, -0.25) is 4.90 Å². The summed E-state index contributed by atoms with van der Waals surface area (Å²) in [5.41, 5.74) is -0.367. The van der Waals surface area contributed by atoms with Crippen molar-refractivity contribution in [3.8, 4) is 0 Å². The van der Waals surface area contributed by atoms with Crippen molar-refractivity contribution >= 4 is 10.0 Å². The van der Waals surface area contributed by atoms with Gasteiger partial charge in [-0.1, -0.05) is 6.07 Å². The first-order chi connectivity index (χ1) is 11.9. The maximum Gasteiger partial charge on any atom is 0.243 e. The maximum atomic E-state index is 13.3. The Labute approximate surface area is 148 Å². The van der Waals surface area contributed by atoms with Gasteiger partial charge in [0.25, 0.3) is 0 Å². The highest BCUT2D eigenvalue weighted by atomic mass is 32.2. The zero-order chi connectivity index (χ0) is 17.7. The van der Waals surface area contributed by atoms with Crippen LogP contribution in [0.5, 0.6) is 0 Å². The molecule has 25 heavy (non-hydrogen) atoms. The van der Waals surface area contributed by atoms with Gasteiger partial charge in [-0.25, -0.2) is 12.8 Å². The van der Waals surface area contributed by atoms with E-state index in [0.29, 0.717) is 25.7 Å². The normalized spacial score (nSPS) is 28.3. The highest BCUT2D eigenvalue weighted by molar-refractivity contribution is 7.89. The number of rotatable bonds is 3. The fraction of sp³-hybridized carbons (Fsp3) is 0.647. The van der Waals surface area contributed by atoms with E-state index in [1.165, 1.54) is 22.5 Å². The quantitative estimate of drug-likeness (QED) is 0.781. The molecule has 0 bridgehead atoms. The van der Waals surface area contributed by atoms with Crippen molar-refractivity contribution in [2.24, 2.45) is 0 Å². The van der Waals surface area contributed by atoms with E-state index in [1.807, 2.05) is 0 Å². The second-order valence-corrected chi connectivity index (χ2v) is 9.36. The minimum atomic E-state index is -3.64. The second kappa shape index (κ2) is 6.28. The van der Waals surface area contributed by atoms with Gasteiger partial charge >= 0.3 is 0 Å². The molecule has 4 rings (SSSR count). The molecule has 1 spiro atoms. The summed E-state index contributed by atoms with van der Waals surface area (Å²) >= 11 is 0. The average molecular weight is 369 g/mol. The van der Waals surface area contributed by atoms with Gasteiger partial charge in [-0.2, -0.15) is 4.31 Å². The van der Waals surface area contributed by atoms with Gasteiger partial charge in [0.05, 0.1) is 17.1 Å². The number of benzene rings is 1. The highest BCUT2D eigenvalue weighted by Crippen LogP contribution is 2.39. The van der Waals surface area contributed by atoms with Crippen molar-refractivity contribution in [2.75, 3.05) is 52.9 Å². The minimum absolute atomic E-state index is 0.0102. The summed E-state index contributed by atoms with van der Waals surface area (Å²) in [4.78, 5) is 4.79. The number of halogens is 1. The SMILES string of the molecule is CN1CCN(C2COC3(C2)CN(S(=O)(=O)c2cccc(F)c2)C3)CC1. The monoisotopic (exact) mass is 369 g/mol. The molecule has 3 saturated heterocycles. The maximum absolute atomic E-state index is 13.3. The van der Waals surface area contributed by atoms with E-state index >= 15 is 0 Å². The average Bonchev–Trinajstić information content (AvgIpc) is 3.00. The Morgan fingerprint density at radius 3 is 2.60 bits per heavy atom.